The van der Waals surface area contributed by atoms with E-state index < -0.39 is 0 Å². The molecule has 3 aromatic rings. The first-order valence-corrected chi connectivity index (χ1v) is 11.3. The quantitative estimate of drug-likeness (QED) is 0.406. The van der Waals surface area contributed by atoms with Crippen LogP contribution in [0.3, 0.4) is 0 Å². The van der Waals surface area contributed by atoms with Gasteiger partial charge in [-0.1, -0.05) is 63.6 Å². The second-order valence-electron chi connectivity index (χ2n) is 8.68. The van der Waals surface area contributed by atoms with E-state index in [1.54, 1.807) is 0 Å². The number of benzene rings is 2. The summed E-state index contributed by atoms with van der Waals surface area (Å²) in [4.78, 5) is 0. The fourth-order valence-electron chi connectivity index (χ4n) is 4.92. The average Bonchev–Trinajstić information content (AvgIpc) is 2.87. The summed E-state index contributed by atoms with van der Waals surface area (Å²) >= 11 is 0. The molecule has 2 aromatic carbocycles. The number of fused-ring (bicyclic) bond motifs is 5. The van der Waals surface area contributed by atoms with Crippen molar-refractivity contribution in [2.45, 2.75) is 72.3 Å². The third-order valence-corrected chi connectivity index (χ3v) is 7.07. The fourth-order valence-corrected chi connectivity index (χ4v) is 4.92. The molecule has 0 fully saturated rings. The lowest BCUT2D eigenvalue weighted by atomic mass is 9.90. The van der Waals surface area contributed by atoms with Gasteiger partial charge in [-0.05, 0) is 60.2 Å². The van der Waals surface area contributed by atoms with E-state index in [-0.39, 0.29) is 5.54 Å². The Kier molecular flexibility index (Phi) is 5.34. The van der Waals surface area contributed by atoms with Gasteiger partial charge in [0, 0.05) is 24.5 Å². The maximum Gasteiger partial charge on any atom is 0.214 e. The maximum absolute atomic E-state index is 2.57. The monoisotopic (exact) mass is 384 g/mol. The van der Waals surface area contributed by atoms with Gasteiger partial charge in [0.25, 0.3) is 0 Å². The van der Waals surface area contributed by atoms with Gasteiger partial charge in [0.15, 0.2) is 11.7 Å². The molecule has 0 saturated carbocycles. The Morgan fingerprint density at radius 1 is 0.897 bits per heavy atom. The lowest BCUT2D eigenvalue weighted by Gasteiger charge is -2.24. The third kappa shape index (κ3) is 3.21. The molecule has 1 aliphatic heterocycles. The van der Waals surface area contributed by atoms with Gasteiger partial charge < -0.3 is 0 Å². The molecule has 1 aliphatic rings. The molecule has 150 valence electrons. The molecule has 0 unspecified atom stereocenters. The zero-order valence-electron chi connectivity index (χ0n) is 18.7. The van der Waals surface area contributed by atoms with Gasteiger partial charge in [-0.2, -0.15) is 4.57 Å². The number of aromatic nitrogens is 1. The second kappa shape index (κ2) is 7.78. The molecular formula is C28H34N+. The zero-order chi connectivity index (χ0) is 20.6. The highest BCUT2D eigenvalue weighted by molar-refractivity contribution is 6.01. The minimum absolute atomic E-state index is 0.0267. The van der Waals surface area contributed by atoms with E-state index in [9.17, 15) is 0 Å². The molecular weight excluding hydrogens is 350 g/mol. The minimum atomic E-state index is 0.0267. The van der Waals surface area contributed by atoms with Crippen LogP contribution in [-0.4, -0.2) is 0 Å². The second-order valence-corrected chi connectivity index (χ2v) is 8.68. The molecule has 0 radical (unpaired) electrons. The van der Waals surface area contributed by atoms with Crippen LogP contribution in [-0.2, 0) is 12.0 Å². The third-order valence-electron chi connectivity index (χ3n) is 7.07. The highest BCUT2D eigenvalue weighted by atomic mass is 15.1. The molecule has 0 spiro atoms. The van der Waals surface area contributed by atoms with Gasteiger partial charge >= 0.3 is 0 Å². The molecule has 2 heterocycles. The number of hydrogen-bond acceptors (Lipinski definition) is 0. The van der Waals surface area contributed by atoms with Gasteiger partial charge in [0.05, 0.1) is 5.56 Å². The molecule has 0 N–H and O–H groups in total. The summed E-state index contributed by atoms with van der Waals surface area (Å²) in [6.45, 7) is 11.4. The van der Waals surface area contributed by atoms with Crippen molar-refractivity contribution in [2.24, 2.45) is 0 Å². The first-order valence-electron chi connectivity index (χ1n) is 11.3. The molecule has 0 atom stereocenters. The summed E-state index contributed by atoms with van der Waals surface area (Å²) in [5, 5.41) is 2.80. The molecule has 0 saturated heterocycles. The Labute approximate surface area is 176 Å². The number of pyridine rings is 1. The van der Waals surface area contributed by atoms with Crippen LogP contribution in [0.1, 0.15) is 68.7 Å². The van der Waals surface area contributed by atoms with E-state index in [1.807, 2.05) is 0 Å². The van der Waals surface area contributed by atoms with Crippen LogP contribution in [0.15, 0.2) is 48.7 Å². The maximum atomic E-state index is 2.57. The van der Waals surface area contributed by atoms with Crippen LogP contribution >= 0.6 is 0 Å². The number of hydrogen-bond donors (Lipinski definition) is 0. The molecule has 1 aromatic heterocycles. The van der Waals surface area contributed by atoms with Crippen molar-refractivity contribution in [3.05, 3.63) is 70.9 Å². The minimum Gasteiger partial charge on any atom is -0.189 e. The van der Waals surface area contributed by atoms with Crippen LogP contribution in [0.2, 0.25) is 0 Å². The van der Waals surface area contributed by atoms with Crippen molar-refractivity contribution in [1.29, 1.82) is 0 Å². The summed E-state index contributed by atoms with van der Waals surface area (Å²) in [6, 6.07) is 14.0. The fraction of sp³-hybridized carbons (Fsp3) is 0.393. The largest absolute Gasteiger partial charge is 0.214 e. The van der Waals surface area contributed by atoms with Crippen molar-refractivity contribution >= 4 is 16.8 Å². The van der Waals surface area contributed by atoms with Crippen molar-refractivity contribution in [2.75, 3.05) is 0 Å². The van der Waals surface area contributed by atoms with E-state index in [2.05, 4.69) is 93.9 Å². The van der Waals surface area contributed by atoms with Crippen LogP contribution in [0, 0.1) is 13.8 Å². The molecule has 1 nitrogen and oxygen atoms in total. The smallest absolute Gasteiger partial charge is 0.189 e. The topological polar surface area (TPSA) is 3.88 Å². The Bertz CT molecular complexity index is 1080. The predicted octanol–water partition coefficient (Wildman–Crippen LogP) is 7.30. The predicted molar refractivity (Wildman–Crippen MR) is 125 cm³/mol. The Hall–Kier alpha value is -2.41. The number of aryl methyl sites for hydroxylation is 3. The first-order chi connectivity index (χ1) is 14.0. The van der Waals surface area contributed by atoms with Gasteiger partial charge in [-0.3, -0.25) is 0 Å². The van der Waals surface area contributed by atoms with E-state index in [1.165, 1.54) is 57.1 Å². The molecule has 0 bridgehead atoms. The van der Waals surface area contributed by atoms with Crippen LogP contribution in [0.4, 0.5) is 0 Å². The summed E-state index contributed by atoms with van der Waals surface area (Å²) in [7, 11) is 0. The van der Waals surface area contributed by atoms with Crippen LogP contribution in [0.5, 0.6) is 0 Å². The number of rotatable bonds is 5. The van der Waals surface area contributed by atoms with E-state index in [0.29, 0.717) is 0 Å². The standard InChI is InChI=1S/C28H34N/c1-6-9-11-22-12-10-13-25-24(22)15-14-23-16-17-28(7-2,8-3)29-19-21(5)20(4)18-26(29)27(23)25/h10,12-19H,6-9,11H2,1-5H3/q+1. The Morgan fingerprint density at radius 2 is 1.69 bits per heavy atom. The lowest BCUT2D eigenvalue weighted by molar-refractivity contribution is -0.744. The van der Waals surface area contributed by atoms with Crippen LogP contribution < -0.4 is 4.57 Å². The van der Waals surface area contributed by atoms with E-state index in [0.717, 1.165) is 19.3 Å². The first kappa shape index (κ1) is 19.9. The average molecular weight is 385 g/mol. The molecule has 0 aliphatic carbocycles. The summed E-state index contributed by atoms with van der Waals surface area (Å²) in [6.07, 6.45) is 13.0. The van der Waals surface area contributed by atoms with Gasteiger partial charge in [0.1, 0.15) is 0 Å². The molecule has 4 rings (SSSR count). The van der Waals surface area contributed by atoms with E-state index in [4.69, 9.17) is 0 Å². The Balaban J connectivity index is 2.08. The highest BCUT2D eigenvalue weighted by Gasteiger charge is 2.39. The van der Waals surface area contributed by atoms with Crippen molar-refractivity contribution in [1.82, 2.24) is 0 Å². The zero-order valence-corrected chi connectivity index (χ0v) is 18.7. The SMILES string of the molecule is CCCCc1cccc2c3c(ccc12)C=CC(CC)(CC)[n+]1cc(C)c(C)cc1-3. The highest BCUT2D eigenvalue weighted by Crippen LogP contribution is 2.38. The molecule has 0 amide bonds. The van der Waals surface area contributed by atoms with Crippen molar-refractivity contribution < 1.29 is 4.57 Å². The number of unbranched alkanes of at least 4 members (excludes halogenated alkanes) is 1. The number of allylic oxidation sites excluding steroid dienone is 1. The summed E-state index contributed by atoms with van der Waals surface area (Å²) < 4.78 is 2.57. The lowest BCUT2D eigenvalue weighted by Crippen LogP contribution is -2.55. The normalized spacial score (nSPS) is 14.5. The van der Waals surface area contributed by atoms with Gasteiger partial charge in [-0.15, -0.1) is 0 Å². The van der Waals surface area contributed by atoms with Crippen molar-refractivity contribution in [3.63, 3.8) is 0 Å². The van der Waals surface area contributed by atoms with Crippen molar-refractivity contribution in [3.8, 4) is 11.3 Å². The Morgan fingerprint density at radius 3 is 2.41 bits per heavy atom. The summed E-state index contributed by atoms with van der Waals surface area (Å²) in [5.74, 6) is 0. The van der Waals surface area contributed by atoms with Gasteiger partial charge in [-0.25, -0.2) is 0 Å². The number of nitrogens with zero attached hydrogens (tertiary/aromatic N) is 1. The van der Waals surface area contributed by atoms with Crippen LogP contribution in [0.25, 0.3) is 28.1 Å². The molecule has 1 heteroatoms. The summed E-state index contributed by atoms with van der Waals surface area (Å²) in [5.41, 5.74) is 8.32. The van der Waals surface area contributed by atoms with Gasteiger partial charge in [0.2, 0.25) is 5.69 Å². The molecule has 29 heavy (non-hydrogen) atoms. The van der Waals surface area contributed by atoms with E-state index >= 15 is 0 Å².